The molecule has 0 bridgehead atoms. The maximum Gasteiger partial charge on any atom is 0.341 e. The number of rotatable bonds is 6. The maximum absolute atomic E-state index is 10.5. The van der Waals surface area contributed by atoms with Crippen LogP contribution in [0.4, 0.5) is 0 Å². The van der Waals surface area contributed by atoms with Crippen molar-refractivity contribution in [3.8, 4) is 5.75 Å². The van der Waals surface area contributed by atoms with Crippen LogP contribution in [0, 0.1) is 0 Å². The minimum absolute atomic E-state index is 0.195. The monoisotopic (exact) mass is 295 g/mol. The number of carboxylic acid groups (broad SMARTS) is 1. The highest BCUT2D eigenvalue weighted by Crippen LogP contribution is 2.23. The quantitative estimate of drug-likeness (QED) is 0.707. The van der Waals surface area contributed by atoms with Crippen molar-refractivity contribution in [2.75, 3.05) is 26.3 Å². The van der Waals surface area contributed by atoms with E-state index in [1.165, 1.54) is 0 Å². The summed E-state index contributed by atoms with van der Waals surface area (Å²) in [6, 6.07) is 7.35. The molecule has 1 aliphatic heterocycles. The fourth-order valence-corrected chi connectivity index (χ4v) is 2.42. The third kappa shape index (κ3) is 4.70. The molecule has 1 aromatic carbocycles. The topological polar surface area (TPSA) is 90.2 Å². The summed E-state index contributed by atoms with van der Waals surface area (Å²) in [6.07, 6.45) is 1.11. The molecule has 0 atom stereocenters. The van der Waals surface area contributed by atoms with Crippen LogP contribution >= 0.6 is 0 Å². The number of hydrogen-bond donors (Lipinski definition) is 3. The van der Waals surface area contributed by atoms with Gasteiger partial charge in [0, 0.05) is 19.6 Å². The molecule has 0 aromatic heterocycles. The van der Waals surface area contributed by atoms with Crippen LogP contribution in [0.15, 0.2) is 24.3 Å². The molecule has 1 heterocycles. The number of carbonyl (C=O) groups is 1. The fraction of sp³-hybridized carbons (Fsp3) is 0.533. The molecular weight excluding hydrogens is 274 g/mol. The second-order valence-corrected chi connectivity index (χ2v) is 5.49. The van der Waals surface area contributed by atoms with Gasteiger partial charge in [-0.2, -0.15) is 0 Å². The molecule has 1 aromatic rings. The number of ether oxygens (including phenoxy) is 1. The molecule has 3 N–H and O–H groups in total. The van der Waals surface area contributed by atoms with Gasteiger partial charge in [-0.1, -0.05) is 12.1 Å². The van der Waals surface area contributed by atoms with E-state index in [1.54, 1.807) is 6.07 Å². The van der Waals surface area contributed by atoms with Crippen molar-refractivity contribution in [2.45, 2.75) is 25.0 Å². The molecule has 6 heteroatoms. The van der Waals surface area contributed by atoms with Crippen molar-refractivity contribution in [3.63, 3.8) is 0 Å². The highest BCUT2D eigenvalue weighted by atomic mass is 16.5. The van der Waals surface area contributed by atoms with Gasteiger partial charge in [0.1, 0.15) is 5.75 Å². The molecule has 0 aliphatic carbocycles. The first-order valence-corrected chi connectivity index (χ1v) is 7.00. The van der Waals surface area contributed by atoms with Gasteiger partial charge in [-0.05, 0) is 30.5 Å². The van der Waals surface area contributed by atoms with Crippen molar-refractivity contribution >= 4 is 5.97 Å². The van der Waals surface area contributed by atoms with E-state index in [9.17, 15) is 9.90 Å². The number of likely N-dealkylation sites (tertiary alicyclic amines) is 1. The molecule has 1 saturated heterocycles. The second kappa shape index (κ2) is 6.89. The molecule has 2 rings (SSSR count). The predicted molar refractivity (Wildman–Crippen MR) is 76.1 cm³/mol. The number of aliphatic carboxylic acids is 1. The van der Waals surface area contributed by atoms with Gasteiger partial charge in [-0.3, -0.25) is 4.90 Å². The standard InChI is InChI=1S/C15H21NO5/c17-11-15(20)4-6-16(7-5-15)9-12-2-1-3-13(8-12)21-10-14(18)19/h1-3,8,17,20H,4-7,9-11H2,(H,18,19). The summed E-state index contributed by atoms with van der Waals surface area (Å²) in [5.74, 6) is -0.460. The number of piperidine rings is 1. The summed E-state index contributed by atoms with van der Waals surface area (Å²) in [7, 11) is 0. The minimum atomic E-state index is -1.00. The third-order valence-corrected chi connectivity index (χ3v) is 3.75. The summed E-state index contributed by atoms with van der Waals surface area (Å²) < 4.78 is 5.16. The van der Waals surface area contributed by atoms with Crippen molar-refractivity contribution < 1.29 is 24.9 Å². The highest BCUT2D eigenvalue weighted by molar-refractivity contribution is 5.68. The van der Waals surface area contributed by atoms with E-state index in [0.717, 1.165) is 18.7 Å². The van der Waals surface area contributed by atoms with Crippen molar-refractivity contribution in [2.24, 2.45) is 0 Å². The first kappa shape index (κ1) is 15.8. The molecule has 21 heavy (non-hydrogen) atoms. The lowest BCUT2D eigenvalue weighted by Gasteiger charge is -2.37. The van der Waals surface area contributed by atoms with Gasteiger partial charge in [0.25, 0.3) is 0 Å². The molecule has 0 saturated carbocycles. The first-order chi connectivity index (χ1) is 10.0. The number of nitrogens with zero attached hydrogens (tertiary/aromatic N) is 1. The van der Waals surface area contributed by atoms with Crippen LogP contribution in [0.2, 0.25) is 0 Å². The van der Waals surface area contributed by atoms with Gasteiger partial charge in [0.05, 0.1) is 12.2 Å². The Morgan fingerprint density at radius 3 is 2.67 bits per heavy atom. The summed E-state index contributed by atoms with van der Waals surface area (Å²) in [5.41, 5.74) is 0.0930. The lowest BCUT2D eigenvalue weighted by Crippen LogP contribution is -2.46. The highest BCUT2D eigenvalue weighted by Gasteiger charge is 2.31. The average molecular weight is 295 g/mol. The van der Waals surface area contributed by atoms with Crippen LogP contribution in [0.5, 0.6) is 5.75 Å². The van der Waals surface area contributed by atoms with E-state index in [4.69, 9.17) is 14.9 Å². The normalized spacial score (nSPS) is 18.4. The Morgan fingerprint density at radius 2 is 2.05 bits per heavy atom. The molecule has 116 valence electrons. The van der Waals surface area contributed by atoms with E-state index in [-0.39, 0.29) is 13.2 Å². The Hall–Kier alpha value is -1.63. The van der Waals surface area contributed by atoms with Gasteiger partial charge < -0.3 is 20.1 Å². The Labute approximate surface area is 123 Å². The Kier molecular flexibility index (Phi) is 5.17. The van der Waals surface area contributed by atoms with Crippen molar-refractivity contribution in [3.05, 3.63) is 29.8 Å². The summed E-state index contributed by atoms with van der Waals surface area (Å²) in [6.45, 7) is 1.61. The van der Waals surface area contributed by atoms with Gasteiger partial charge in [0.2, 0.25) is 0 Å². The SMILES string of the molecule is O=C(O)COc1cccc(CN2CCC(O)(CO)CC2)c1. The van der Waals surface area contributed by atoms with E-state index in [2.05, 4.69) is 4.90 Å². The molecule has 0 amide bonds. The zero-order chi connectivity index (χ0) is 15.3. The molecule has 6 nitrogen and oxygen atoms in total. The lowest BCUT2D eigenvalue weighted by atomic mass is 9.92. The Bertz CT molecular complexity index is 483. The Balaban J connectivity index is 1.89. The maximum atomic E-state index is 10.5. The summed E-state index contributed by atoms with van der Waals surface area (Å²) in [4.78, 5) is 12.7. The van der Waals surface area contributed by atoms with Crippen molar-refractivity contribution in [1.82, 2.24) is 4.90 Å². The first-order valence-electron chi connectivity index (χ1n) is 7.00. The van der Waals surface area contributed by atoms with Crippen LogP contribution in [-0.2, 0) is 11.3 Å². The molecule has 1 fully saturated rings. The molecule has 0 unspecified atom stereocenters. The van der Waals surface area contributed by atoms with Crippen molar-refractivity contribution in [1.29, 1.82) is 0 Å². The van der Waals surface area contributed by atoms with Gasteiger partial charge in [-0.15, -0.1) is 0 Å². The van der Waals surface area contributed by atoms with Crippen LogP contribution < -0.4 is 4.74 Å². The van der Waals surface area contributed by atoms with Crippen LogP contribution in [0.25, 0.3) is 0 Å². The van der Waals surface area contributed by atoms with E-state index in [0.29, 0.717) is 25.1 Å². The molecular formula is C15H21NO5. The number of aliphatic hydroxyl groups is 2. The molecule has 1 aliphatic rings. The van der Waals surface area contributed by atoms with Crippen LogP contribution in [0.3, 0.4) is 0 Å². The number of carboxylic acids is 1. The number of benzene rings is 1. The van der Waals surface area contributed by atoms with Gasteiger partial charge in [-0.25, -0.2) is 4.79 Å². The lowest BCUT2D eigenvalue weighted by molar-refractivity contribution is -0.139. The van der Waals surface area contributed by atoms with Gasteiger partial charge >= 0.3 is 5.97 Å². The predicted octanol–water partition coefficient (Wildman–Crippen LogP) is 0.469. The van der Waals surface area contributed by atoms with Crippen LogP contribution in [0.1, 0.15) is 18.4 Å². The third-order valence-electron chi connectivity index (χ3n) is 3.75. The van der Waals surface area contributed by atoms with Crippen LogP contribution in [-0.4, -0.2) is 58.1 Å². The molecule has 0 spiro atoms. The van der Waals surface area contributed by atoms with Gasteiger partial charge in [0.15, 0.2) is 6.61 Å². The zero-order valence-electron chi connectivity index (χ0n) is 11.9. The number of aliphatic hydroxyl groups excluding tert-OH is 1. The average Bonchev–Trinajstić information content (AvgIpc) is 2.48. The van der Waals surface area contributed by atoms with E-state index < -0.39 is 11.6 Å². The largest absolute Gasteiger partial charge is 0.482 e. The fourth-order valence-electron chi connectivity index (χ4n) is 2.42. The zero-order valence-corrected chi connectivity index (χ0v) is 11.9. The summed E-state index contributed by atoms with van der Waals surface area (Å²) >= 11 is 0. The molecule has 0 radical (unpaired) electrons. The number of hydrogen-bond acceptors (Lipinski definition) is 5. The van der Waals surface area contributed by atoms with E-state index in [1.807, 2.05) is 18.2 Å². The minimum Gasteiger partial charge on any atom is -0.482 e. The smallest absolute Gasteiger partial charge is 0.341 e. The Morgan fingerprint density at radius 1 is 1.33 bits per heavy atom. The summed E-state index contributed by atoms with van der Waals surface area (Å²) in [5, 5.41) is 27.7. The van der Waals surface area contributed by atoms with E-state index >= 15 is 0 Å². The second-order valence-electron chi connectivity index (χ2n) is 5.49.